The van der Waals surface area contributed by atoms with E-state index in [9.17, 15) is 19.2 Å². The first-order valence-electron chi connectivity index (χ1n) is 10.1. The van der Waals surface area contributed by atoms with Crippen LogP contribution in [0.4, 0.5) is 0 Å². The van der Waals surface area contributed by atoms with Gasteiger partial charge in [-0.3, -0.25) is 19.2 Å². The van der Waals surface area contributed by atoms with Gasteiger partial charge in [0.1, 0.15) is 6.04 Å². The average Bonchev–Trinajstić information content (AvgIpc) is 2.67. The number of carbonyl (C=O) groups is 4. The van der Waals surface area contributed by atoms with Crippen LogP contribution >= 0.6 is 0 Å². The summed E-state index contributed by atoms with van der Waals surface area (Å²) in [6.45, 7) is 3.91. The molecule has 0 aromatic rings. The summed E-state index contributed by atoms with van der Waals surface area (Å²) in [6.07, 6.45) is 12.6. The third-order valence-electron chi connectivity index (χ3n) is 4.30. The molecule has 0 aliphatic rings. The van der Waals surface area contributed by atoms with Gasteiger partial charge in [-0.15, -0.1) is 6.58 Å². The van der Waals surface area contributed by atoms with Crippen LogP contribution in [-0.4, -0.2) is 48.4 Å². The maximum Gasteiger partial charge on any atom is 0.303 e. The molecule has 0 aliphatic carbocycles. The summed E-state index contributed by atoms with van der Waals surface area (Å²) in [5.41, 5.74) is 0. The van der Waals surface area contributed by atoms with Crippen LogP contribution < -0.4 is 16.0 Å². The molecule has 4 N–H and O–H groups in total. The molecule has 3 amide bonds. The Labute approximate surface area is 167 Å². The smallest absolute Gasteiger partial charge is 0.303 e. The fraction of sp³-hybridized carbons (Fsp3) is 0.700. The van der Waals surface area contributed by atoms with E-state index < -0.39 is 17.9 Å². The van der Waals surface area contributed by atoms with Gasteiger partial charge in [-0.2, -0.15) is 0 Å². The lowest BCUT2D eigenvalue weighted by atomic mass is 10.1. The lowest BCUT2D eigenvalue weighted by molar-refractivity contribution is -0.137. The first kappa shape index (κ1) is 25.6. The minimum atomic E-state index is -0.809. The van der Waals surface area contributed by atoms with Crippen molar-refractivity contribution in [3.63, 3.8) is 0 Å². The van der Waals surface area contributed by atoms with Gasteiger partial charge in [0.25, 0.3) is 0 Å². The van der Waals surface area contributed by atoms with Crippen LogP contribution in [-0.2, 0) is 19.2 Å². The fourth-order valence-electron chi connectivity index (χ4n) is 2.73. The Morgan fingerprint density at radius 3 is 1.93 bits per heavy atom. The molecule has 0 heterocycles. The molecule has 0 aromatic carbocycles. The summed E-state index contributed by atoms with van der Waals surface area (Å²) in [5.74, 6) is -1.47. The van der Waals surface area contributed by atoms with Crippen LogP contribution in [0.1, 0.15) is 70.6 Å². The summed E-state index contributed by atoms with van der Waals surface area (Å²) < 4.78 is 0. The highest BCUT2D eigenvalue weighted by Crippen LogP contribution is 2.11. The van der Waals surface area contributed by atoms with Gasteiger partial charge in [-0.1, -0.05) is 57.4 Å². The summed E-state index contributed by atoms with van der Waals surface area (Å²) in [7, 11) is 0. The normalized spacial score (nSPS) is 11.3. The Balaban J connectivity index is 3.54. The minimum Gasteiger partial charge on any atom is -0.481 e. The quantitative estimate of drug-likeness (QED) is 0.150. The zero-order valence-electron chi connectivity index (χ0n) is 16.7. The highest BCUT2D eigenvalue weighted by molar-refractivity contribution is 5.90. The number of unbranched alkanes of at least 4 members (excludes halogenated alkanes) is 9. The van der Waals surface area contributed by atoms with Gasteiger partial charge in [0, 0.05) is 13.0 Å². The molecule has 8 heteroatoms. The van der Waals surface area contributed by atoms with Crippen molar-refractivity contribution >= 4 is 24.2 Å². The van der Waals surface area contributed by atoms with Crippen LogP contribution in [0.5, 0.6) is 0 Å². The summed E-state index contributed by atoms with van der Waals surface area (Å²) >= 11 is 0. The van der Waals surface area contributed by atoms with E-state index in [1.165, 1.54) is 18.9 Å². The fourth-order valence-corrected chi connectivity index (χ4v) is 2.73. The molecule has 0 fully saturated rings. The lowest BCUT2D eigenvalue weighted by Gasteiger charge is -2.14. The second kappa shape index (κ2) is 18.0. The van der Waals surface area contributed by atoms with Crippen LogP contribution in [0, 0.1) is 0 Å². The van der Waals surface area contributed by atoms with Gasteiger partial charge in [-0.25, -0.2) is 0 Å². The second-order valence-electron chi connectivity index (χ2n) is 6.75. The molecule has 0 bridgehead atoms. The van der Waals surface area contributed by atoms with E-state index in [4.69, 9.17) is 5.11 Å². The van der Waals surface area contributed by atoms with Gasteiger partial charge in [0.15, 0.2) is 0 Å². The lowest BCUT2D eigenvalue weighted by Crippen LogP contribution is -2.48. The first-order chi connectivity index (χ1) is 13.5. The topological polar surface area (TPSA) is 125 Å². The molecule has 160 valence electrons. The van der Waals surface area contributed by atoms with Crippen LogP contribution in [0.25, 0.3) is 0 Å². The monoisotopic (exact) mass is 397 g/mol. The third-order valence-corrected chi connectivity index (χ3v) is 4.30. The number of carboxylic acid groups (broad SMARTS) is 1. The van der Waals surface area contributed by atoms with Gasteiger partial charge in [0.05, 0.1) is 6.54 Å². The Bertz CT molecular complexity index is 482. The molecule has 28 heavy (non-hydrogen) atoms. The van der Waals surface area contributed by atoms with E-state index in [0.29, 0.717) is 13.0 Å². The summed E-state index contributed by atoms with van der Waals surface area (Å²) in [4.78, 5) is 44.0. The zero-order valence-corrected chi connectivity index (χ0v) is 16.7. The molecular formula is C20H35N3O5. The Hall–Kier alpha value is -2.38. The number of hydrogen-bond donors (Lipinski definition) is 4. The molecular weight excluding hydrogens is 362 g/mol. The van der Waals surface area contributed by atoms with E-state index >= 15 is 0 Å². The van der Waals surface area contributed by atoms with Crippen LogP contribution in [0.15, 0.2) is 12.7 Å². The maximum absolute atomic E-state index is 12.0. The van der Waals surface area contributed by atoms with Crippen molar-refractivity contribution in [3.05, 3.63) is 12.7 Å². The van der Waals surface area contributed by atoms with E-state index in [2.05, 4.69) is 22.5 Å². The number of amides is 3. The predicted molar refractivity (Wildman–Crippen MR) is 108 cm³/mol. The van der Waals surface area contributed by atoms with E-state index in [1.54, 1.807) is 0 Å². The molecule has 8 nitrogen and oxygen atoms in total. The van der Waals surface area contributed by atoms with Crippen molar-refractivity contribution in [2.75, 3.05) is 13.1 Å². The highest BCUT2D eigenvalue weighted by atomic mass is 16.4. The largest absolute Gasteiger partial charge is 0.481 e. The molecule has 0 spiro atoms. The van der Waals surface area contributed by atoms with Gasteiger partial charge in [0.2, 0.25) is 18.2 Å². The van der Waals surface area contributed by atoms with Crippen LogP contribution in [0.2, 0.25) is 0 Å². The number of rotatable bonds is 19. The van der Waals surface area contributed by atoms with Gasteiger partial charge >= 0.3 is 5.97 Å². The van der Waals surface area contributed by atoms with Gasteiger partial charge in [-0.05, 0) is 12.8 Å². The Morgan fingerprint density at radius 2 is 1.43 bits per heavy atom. The Kier molecular flexibility index (Phi) is 16.5. The van der Waals surface area contributed by atoms with Crippen molar-refractivity contribution in [3.8, 4) is 0 Å². The predicted octanol–water partition coefficient (Wildman–Crippen LogP) is 1.90. The molecule has 0 rings (SSSR count). The third kappa shape index (κ3) is 15.8. The van der Waals surface area contributed by atoms with Crippen molar-refractivity contribution < 1.29 is 24.3 Å². The van der Waals surface area contributed by atoms with Crippen molar-refractivity contribution in [2.24, 2.45) is 0 Å². The minimum absolute atomic E-state index is 0.177. The van der Waals surface area contributed by atoms with Crippen molar-refractivity contribution in [1.29, 1.82) is 0 Å². The summed E-state index contributed by atoms with van der Waals surface area (Å²) in [6, 6.07) is -0.809. The van der Waals surface area contributed by atoms with Crippen molar-refractivity contribution in [2.45, 2.75) is 76.7 Å². The molecule has 0 aromatic heterocycles. The van der Waals surface area contributed by atoms with E-state index in [-0.39, 0.29) is 18.9 Å². The SMILES string of the molecule is C=C[C@H](NC(=O)CNC=O)C(=O)NCCCCCCCCCCCCC(=O)O. The number of aliphatic carboxylic acids is 1. The molecule has 0 saturated carbocycles. The van der Waals surface area contributed by atoms with E-state index in [1.807, 2.05) is 0 Å². The summed E-state index contributed by atoms with van der Waals surface area (Å²) in [5, 5.41) is 16.0. The number of nitrogens with one attached hydrogen (secondary N) is 3. The molecule has 0 radical (unpaired) electrons. The highest BCUT2D eigenvalue weighted by Gasteiger charge is 2.16. The second-order valence-corrected chi connectivity index (χ2v) is 6.75. The number of carbonyl (C=O) groups excluding carboxylic acids is 3. The first-order valence-corrected chi connectivity index (χ1v) is 10.1. The molecule has 0 saturated heterocycles. The van der Waals surface area contributed by atoms with E-state index in [0.717, 1.165) is 51.4 Å². The zero-order chi connectivity index (χ0) is 21.0. The van der Waals surface area contributed by atoms with Crippen molar-refractivity contribution in [1.82, 2.24) is 16.0 Å². The molecule has 1 atom stereocenters. The molecule has 0 aliphatic heterocycles. The average molecular weight is 398 g/mol. The number of carboxylic acids is 1. The molecule has 0 unspecified atom stereocenters. The van der Waals surface area contributed by atoms with Gasteiger partial charge < -0.3 is 21.1 Å². The maximum atomic E-state index is 12.0. The standard InChI is InChI=1S/C20H35N3O5/c1-2-17(23-18(25)15-21-16-24)20(28)22-14-12-10-8-6-4-3-5-7-9-11-13-19(26)27/h2,16-17H,1,3-15H2,(H,21,24)(H,22,28)(H,23,25)(H,26,27)/t17-/m0/s1. The Morgan fingerprint density at radius 1 is 0.893 bits per heavy atom. The van der Waals surface area contributed by atoms with Crippen LogP contribution in [0.3, 0.4) is 0 Å². The number of hydrogen-bond acceptors (Lipinski definition) is 4.